The molecule has 8 nitrogen and oxygen atoms in total. The molecule has 63 heavy (non-hydrogen) atoms. The van der Waals surface area contributed by atoms with Gasteiger partial charge in [0.2, 0.25) is 0 Å². The molecule has 0 aliphatic carbocycles. The molecule has 0 saturated carbocycles. The van der Waals surface area contributed by atoms with Crippen molar-refractivity contribution < 1.29 is 37.3 Å². The number of aliphatic hydroxyl groups excluding tert-OH is 1. The molecule has 0 aliphatic heterocycles. The predicted octanol–water partition coefficient (Wildman–Crippen LogP) is 15.9. The second kappa shape index (κ2) is 32.8. The normalized spacial score (nSPS) is 16.2. The fraction of sp³-hybridized carbons (Fsp3) is 0.962. The summed E-state index contributed by atoms with van der Waals surface area (Å²) < 4.78 is 44.1. The summed E-state index contributed by atoms with van der Waals surface area (Å²) >= 11 is 0. The third-order valence-corrected chi connectivity index (χ3v) is 28.1. The minimum atomic E-state index is -2.17. The van der Waals surface area contributed by atoms with Crippen molar-refractivity contribution in [2.45, 2.75) is 289 Å². The smallest absolute Gasteiger partial charge is 0.192 e. The Morgan fingerprint density at radius 1 is 0.460 bits per heavy atom. The van der Waals surface area contributed by atoms with E-state index in [1.54, 1.807) is 14.2 Å². The first kappa shape index (κ1) is 63.1. The van der Waals surface area contributed by atoms with E-state index in [2.05, 4.69) is 115 Å². The lowest BCUT2D eigenvalue weighted by Crippen LogP contribution is -2.48. The van der Waals surface area contributed by atoms with Gasteiger partial charge < -0.3 is 37.3 Å². The standard InChI is InChI=1S/C52H110O8Si3/c1-19-20-21-22-23-24-25-26-27-28-31-34-37-48(57-44-55-12)49(60-63(17,18)52(8,9)10)41-39-46(53)47(56-43-54-11)40-38-45(59-62(15,16)51(5,6)7)36-33-30-29-32-35-42-58-61(13,14)50(2,3)4/h38,40,45-49,53H,19-37,39,41-44H2,1-18H3/b40-38+/t45-,46+,47-,48-,49-/m1/s1. The van der Waals surface area contributed by atoms with Gasteiger partial charge >= 0.3 is 0 Å². The minimum absolute atomic E-state index is 0.0385. The van der Waals surface area contributed by atoms with Gasteiger partial charge in [-0.1, -0.05) is 184 Å². The SMILES string of the molecule is CCCCCCCCCCCCCC[C@@H](OCOC)[C@@H](CC[C@H](O)[C@@H](/C=C/[C@@H](CCCCCCCO[Si](C)(C)C(C)(C)C)O[Si](C)(C)C(C)(C)C)OCOC)O[Si](C)(C)C(C)(C)C. The molecule has 1 N–H and O–H groups in total. The fourth-order valence-corrected chi connectivity index (χ4v) is 10.8. The van der Waals surface area contributed by atoms with Gasteiger partial charge in [-0.25, -0.2) is 0 Å². The van der Waals surface area contributed by atoms with E-state index >= 15 is 0 Å². The molecule has 0 aromatic heterocycles. The van der Waals surface area contributed by atoms with Crippen molar-refractivity contribution in [2.24, 2.45) is 0 Å². The first-order chi connectivity index (χ1) is 29.3. The molecular weight excluding hydrogens is 837 g/mol. The zero-order valence-electron chi connectivity index (χ0n) is 45.3. The summed E-state index contributed by atoms with van der Waals surface area (Å²) in [5, 5.41) is 12.3. The molecular formula is C52H110O8Si3. The average molecular weight is 948 g/mol. The molecule has 5 atom stereocenters. The van der Waals surface area contributed by atoms with Crippen molar-refractivity contribution in [3.8, 4) is 0 Å². The Morgan fingerprint density at radius 2 is 0.889 bits per heavy atom. The van der Waals surface area contributed by atoms with Crippen molar-refractivity contribution in [1.29, 1.82) is 0 Å². The highest BCUT2D eigenvalue weighted by atomic mass is 28.4. The maximum absolute atomic E-state index is 11.9. The van der Waals surface area contributed by atoms with E-state index < -0.39 is 37.2 Å². The zero-order chi connectivity index (χ0) is 48.2. The number of hydrogen-bond acceptors (Lipinski definition) is 8. The molecule has 11 heteroatoms. The van der Waals surface area contributed by atoms with Crippen LogP contribution in [0.4, 0.5) is 0 Å². The minimum Gasteiger partial charge on any atom is -0.417 e. The lowest BCUT2D eigenvalue weighted by atomic mass is 9.98. The molecule has 0 heterocycles. The second-order valence-corrected chi connectivity index (χ2v) is 37.7. The van der Waals surface area contributed by atoms with Crippen LogP contribution in [0.3, 0.4) is 0 Å². The number of unbranched alkanes of at least 4 members (excludes halogenated alkanes) is 15. The van der Waals surface area contributed by atoms with Gasteiger partial charge in [-0.3, -0.25) is 0 Å². The second-order valence-electron chi connectivity index (χ2n) is 23.4. The van der Waals surface area contributed by atoms with E-state index in [1.807, 2.05) is 6.08 Å². The van der Waals surface area contributed by atoms with Crippen LogP contribution in [0.2, 0.25) is 54.4 Å². The van der Waals surface area contributed by atoms with Crippen LogP contribution in [0.15, 0.2) is 12.2 Å². The molecule has 0 saturated heterocycles. The van der Waals surface area contributed by atoms with Gasteiger partial charge in [0.25, 0.3) is 0 Å². The van der Waals surface area contributed by atoms with E-state index in [1.165, 1.54) is 89.9 Å². The number of aliphatic hydroxyl groups is 1. The summed E-state index contributed by atoms with van der Waals surface area (Å²) in [7, 11) is -2.61. The molecule has 0 bridgehead atoms. The molecule has 0 radical (unpaired) electrons. The molecule has 0 rings (SSSR count). The van der Waals surface area contributed by atoms with Crippen LogP contribution in [-0.4, -0.2) is 95.0 Å². The van der Waals surface area contributed by atoms with Crippen molar-refractivity contribution >= 4 is 25.0 Å². The molecule has 0 fully saturated rings. The van der Waals surface area contributed by atoms with Gasteiger partial charge in [-0.2, -0.15) is 0 Å². The van der Waals surface area contributed by atoms with Gasteiger partial charge in [0.05, 0.1) is 24.4 Å². The predicted molar refractivity (Wildman–Crippen MR) is 279 cm³/mol. The van der Waals surface area contributed by atoms with Crippen LogP contribution >= 0.6 is 0 Å². The first-order valence-corrected chi connectivity index (χ1v) is 34.6. The maximum Gasteiger partial charge on any atom is 0.192 e. The van der Waals surface area contributed by atoms with Gasteiger partial charge in [-0.05, 0) is 86.5 Å². The summed E-state index contributed by atoms with van der Waals surface area (Å²) in [6, 6.07) is 0. The van der Waals surface area contributed by atoms with Crippen molar-refractivity contribution in [3.63, 3.8) is 0 Å². The Hall–Kier alpha value is 0.0706. The Kier molecular flexibility index (Phi) is 32.8. The third-order valence-electron chi connectivity index (χ3n) is 14.6. The topological polar surface area (TPSA) is 84.8 Å². The largest absolute Gasteiger partial charge is 0.417 e. The molecule has 0 unspecified atom stereocenters. The van der Waals surface area contributed by atoms with E-state index in [9.17, 15) is 5.11 Å². The summed E-state index contributed by atoms with van der Waals surface area (Å²) in [5.41, 5.74) is 0. The van der Waals surface area contributed by atoms with E-state index in [0.29, 0.717) is 12.8 Å². The van der Waals surface area contributed by atoms with Crippen molar-refractivity contribution in [2.75, 3.05) is 34.4 Å². The van der Waals surface area contributed by atoms with Crippen LogP contribution in [0.1, 0.15) is 204 Å². The summed E-state index contributed by atoms with van der Waals surface area (Å²) in [6.07, 6.45) is 27.2. The molecule has 0 aliphatic rings. The Morgan fingerprint density at radius 3 is 1.37 bits per heavy atom. The highest BCUT2D eigenvalue weighted by Crippen LogP contribution is 2.40. The quantitative estimate of drug-likeness (QED) is 0.0282. The lowest BCUT2D eigenvalue weighted by molar-refractivity contribution is -0.119. The summed E-state index contributed by atoms with van der Waals surface area (Å²) in [4.78, 5) is 0. The highest BCUT2D eigenvalue weighted by Gasteiger charge is 2.42. The number of ether oxygens (including phenoxy) is 4. The molecule has 0 spiro atoms. The van der Waals surface area contributed by atoms with E-state index in [4.69, 9.17) is 32.2 Å². The Balaban J connectivity index is 5.87. The first-order valence-electron chi connectivity index (χ1n) is 25.8. The van der Waals surface area contributed by atoms with Crippen molar-refractivity contribution in [3.05, 3.63) is 12.2 Å². The van der Waals surface area contributed by atoms with Crippen molar-refractivity contribution in [1.82, 2.24) is 0 Å². The van der Waals surface area contributed by atoms with Gasteiger partial charge in [0, 0.05) is 20.8 Å². The van der Waals surface area contributed by atoms with Crippen LogP contribution < -0.4 is 0 Å². The maximum atomic E-state index is 11.9. The Labute approximate surface area is 396 Å². The average Bonchev–Trinajstić information content (AvgIpc) is 3.17. The lowest BCUT2D eigenvalue weighted by Gasteiger charge is -2.41. The molecule has 0 aromatic rings. The summed E-state index contributed by atoms with van der Waals surface area (Å²) in [6.45, 7) is 38.1. The highest BCUT2D eigenvalue weighted by molar-refractivity contribution is 6.75. The van der Waals surface area contributed by atoms with Crippen LogP contribution in [0, 0.1) is 0 Å². The molecule has 378 valence electrons. The van der Waals surface area contributed by atoms with E-state index in [0.717, 1.165) is 38.7 Å². The summed E-state index contributed by atoms with van der Waals surface area (Å²) in [5.74, 6) is 0. The Bertz CT molecular complexity index is 1130. The third kappa shape index (κ3) is 28.2. The van der Waals surface area contributed by atoms with Crippen LogP contribution in [0.5, 0.6) is 0 Å². The number of hydrogen-bond donors (Lipinski definition) is 1. The number of methoxy groups -OCH3 is 2. The van der Waals surface area contributed by atoms with Crippen LogP contribution in [-0.2, 0) is 32.2 Å². The number of rotatable bonds is 39. The molecule has 0 aromatic carbocycles. The zero-order valence-corrected chi connectivity index (χ0v) is 48.3. The van der Waals surface area contributed by atoms with Crippen LogP contribution in [0.25, 0.3) is 0 Å². The van der Waals surface area contributed by atoms with Gasteiger partial charge in [0.1, 0.15) is 19.7 Å². The van der Waals surface area contributed by atoms with Gasteiger partial charge in [0.15, 0.2) is 25.0 Å². The monoisotopic (exact) mass is 947 g/mol. The fourth-order valence-electron chi connectivity index (χ4n) is 7.04. The molecule has 0 amide bonds. The van der Waals surface area contributed by atoms with E-state index in [-0.39, 0.29) is 47.0 Å². The van der Waals surface area contributed by atoms with Gasteiger partial charge in [-0.15, -0.1) is 0 Å².